The highest BCUT2D eigenvalue weighted by Crippen LogP contribution is 2.33. The average molecular weight is 639 g/mol. The number of nitrogens with zero attached hydrogens (tertiary/aromatic N) is 5. The smallest absolute Gasteiger partial charge is 0.423 e. The lowest BCUT2D eigenvalue weighted by Crippen LogP contribution is -2.38. The molecule has 17 heteroatoms. The maximum absolute atomic E-state index is 13.5. The zero-order chi connectivity index (χ0) is 31.8. The molecule has 0 saturated carbocycles. The van der Waals surface area contributed by atoms with Crippen LogP contribution in [0.2, 0.25) is 0 Å². The minimum absolute atomic E-state index is 0.117. The van der Waals surface area contributed by atoms with Gasteiger partial charge in [-0.15, -0.1) is 0 Å². The summed E-state index contributed by atoms with van der Waals surface area (Å²) in [4.78, 5) is 30.5. The van der Waals surface area contributed by atoms with Gasteiger partial charge in [-0.2, -0.15) is 22.9 Å². The van der Waals surface area contributed by atoms with Crippen molar-refractivity contribution in [1.29, 1.82) is 0 Å². The monoisotopic (exact) mass is 638 g/mol. The number of carbonyl (C=O) groups excluding carboxylic acids is 2. The van der Waals surface area contributed by atoms with E-state index in [1.54, 1.807) is 36.2 Å². The van der Waals surface area contributed by atoms with Crippen LogP contribution in [0.15, 0.2) is 64.1 Å². The first-order chi connectivity index (χ1) is 20.7. The number of esters is 1. The van der Waals surface area contributed by atoms with Crippen LogP contribution in [-0.4, -0.2) is 59.4 Å². The van der Waals surface area contributed by atoms with Crippen LogP contribution in [0.3, 0.4) is 0 Å². The Morgan fingerprint density at radius 3 is 2.45 bits per heavy atom. The standard InChI is InChI=1S/C27H29F3N6O7S/c1-4-25(37)41-18(3)42-36-35(43-36)33-14-13-20(16-33)26(38)32-44(39,40)22-11-9-21(10-12-22)34-23(15-24(31-34)27(28,29)30)19-7-5-17(2)6-8-19/h5-12,15,18,20H,4,13-14,16H2,1-3H3,(H,32,38). The van der Waals surface area contributed by atoms with Crippen molar-refractivity contribution in [2.24, 2.45) is 5.92 Å². The number of hydrogen-bond acceptors (Lipinski definition) is 9. The molecule has 13 nitrogen and oxygen atoms in total. The number of alkyl halides is 3. The van der Waals surface area contributed by atoms with Gasteiger partial charge in [-0.1, -0.05) is 36.8 Å². The molecular formula is C27H29F3N6O7S. The summed E-state index contributed by atoms with van der Waals surface area (Å²) in [5.74, 6) is -1.89. The van der Waals surface area contributed by atoms with Crippen LogP contribution in [0.5, 0.6) is 0 Å². The normalized spacial score (nSPS) is 16.2. The fraction of sp³-hybridized carbons (Fsp3) is 0.370. The second kappa shape index (κ2) is 11.8. The molecule has 2 aromatic carbocycles. The Kier molecular flexibility index (Phi) is 8.24. The van der Waals surface area contributed by atoms with Gasteiger partial charge < -0.3 is 9.57 Å². The third-order valence-corrected chi connectivity index (χ3v) is 8.20. The van der Waals surface area contributed by atoms with Gasteiger partial charge in [0.25, 0.3) is 16.3 Å². The number of amides is 1. The SMILES string of the molecule is CCC(=O)OC(C)On1on1N1CCC(C(=O)NS(=O)(=O)c2ccc(-n3nc(C(F)(F)F)cc3-c3ccc(C)cc3)cc2)C1. The maximum atomic E-state index is 13.5. The van der Waals surface area contributed by atoms with Crippen molar-refractivity contribution >= 4 is 21.9 Å². The van der Waals surface area contributed by atoms with Crippen molar-refractivity contribution in [3.8, 4) is 16.9 Å². The number of nitrogens with one attached hydrogen (secondary N) is 1. The molecule has 44 heavy (non-hydrogen) atoms. The summed E-state index contributed by atoms with van der Waals surface area (Å²) in [5, 5.41) is 6.29. The van der Waals surface area contributed by atoms with E-state index in [4.69, 9.17) is 14.2 Å². The predicted molar refractivity (Wildman–Crippen MR) is 147 cm³/mol. The largest absolute Gasteiger partial charge is 0.435 e. The van der Waals surface area contributed by atoms with E-state index in [9.17, 15) is 31.2 Å². The van der Waals surface area contributed by atoms with Crippen molar-refractivity contribution < 1.29 is 45.4 Å². The molecule has 4 aromatic rings. The molecule has 2 aromatic heterocycles. The molecule has 0 radical (unpaired) electrons. The molecule has 1 fully saturated rings. The van der Waals surface area contributed by atoms with Gasteiger partial charge in [-0.25, -0.2) is 17.8 Å². The number of halogens is 3. The van der Waals surface area contributed by atoms with Gasteiger partial charge in [0.15, 0.2) is 5.69 Å². The van der Waals surface area contributed by atoms with Crippen molar-refractivity contribution in [2.75, 3.05) is 18.1 Å². The van der Waals surface area contributed by atoms with Crippen LogP contribution in [0.25, 0.3) is 16.9 Å². The Morgan fingerprint density at radius 1 is 1.14 bits per heavy atom. The van der Waals surface area contributed by atoms with E-state index >= 15 is 0 Å². The van der Waals surface area contributed by atoms with E-state index in [1.807, 2.05) is 6.92 Å². The minimum Gasteiger partial charge on any atom is -0.423 e. The Bertz CT molecular complexity index is 1740. The molecular weight excluding hydrogens is 609 g/mol. The lowest BCUT2D eigenvalue weighted by molar-refractivity contribution is -0.181. The summed E-state index contributed by atoms with van der Waals surface area (Å²) in [6, 6.07) is 12.8. The number of aryl methyl sites for hydroxylation is 1. The van der Waals surface area contributed by atoms with Crippen LogP contribution in [0.1, 0.15) is 37.9 Å². The van der Waals surface area contributed by atoms with E-state index in [-0.39, 0.29) is 29.2 Å². The molecule has 0 spiro atoms. The lowest BCUT2D eigenvalue weighted by atomic mass is 10.1. The van der Waals surface area contributed by atoms with E-state index in [0.29, 0.717) is 18.5 Å². The third kappa shape index (κ3) is 6.77. The van der Waals surface area contributed by atoms with Gasteiger partial charge in [-0.05, 0) is 43.7 Å². The van der Waals surface area contributed by atoms with E-state index in [0.717, 1.165) is 21.3 Å². The first-order valence-corrected chi connectivity index (χ1v) is 15.0. The molecule has 3 heterocycles. The molecule has 1 aliphatic rings. The predicted octanol–water partition coefficient (Wildman–Crippen LogP) is 3.25. The summed E-state index contributed by atoms with van der Waals surface area (Å²) in [6.45, 7) is 5.46. The van der Waals surface area contributed by atoms with Crippen LogP contribution < -0.4 is 14.6 Å². The number of ether oxygens (including phenoxy) is 1. The van der Waals surface area contributed by atoms with Gasteiger partial charge in [-0.3, -0.25) is 14.6 Å². The van der Waals surface area contributed by atoms with Crippen molar-refractivity contribution in [2.45, 2.75) is 51.0 Å². The summed E-state index contributed by atoms with van der Waals surface area (Å²) in [5.41, 5.74) is 0.679. The van der Waals surface area contributed by atoms with Crippen LogP contribution >= 0.6 is 0 Å². The van der Waals surface area contributed by atoms with E-state index in [1.165, 1.54) is 36.2 Å². The summed E-state index contributed by atoms with van der Waals surface area (Å²) in [6.07, 6.45) is -5.11. The molecule has 1 aliphatic heterocycles. The molecule has 1 saturated heterocycles. The Morgan fingerprint density at radius 2 is 1.82 bits per heavy atom. The fourth-order valence-electron chi connectivity index (χ4n) is 4.48. The van der Waals surface area contributed by atoms with Gasteiger partial charge >= 0.3 is 12.1 Å². The Balaban J connectivity index is 1.25. The molecule has 236 valence electrons. The van der Waals surface area contributed by atoms with Crippen molar-refractivity contribution in [3.05, 3.63) is 65.9 Å². The van der Waals surface area contributed by atoms with Gasteiger partial charge in [0.1, 0.15) is 5.02 Å². The highest BCUT2D eigenvalue weighted by molar-refractivity contribution is 7.90. The quantitative estimate of drug-likeness (QED) is 0.205. The topological polar surface area (TPSA) is 143 Å². The Hall–Kier alpha value is -4.67. The maximum Gasteiger partial charge on any atom is 0.435 e. The first-order valence-electron chi connectivity index (χ1n) is 13.6. The van der Waals surface area contributed by atoms with Crippen molar-refractivity contribution in [3.63, 3.8) is 0 Å². The summed E-state index contributed by atoms with van der Waals surface area (Å²) < 4.78 is 79.8. The number of carbonyl (C=O) groups is 2. The number of aromatic nitrogens is 4. The first kappa shape index (κ1) is 30.8. The number of rotatable bonds is 10. The average Bonchev–Trinajstić information content (AvgIpc) is 3.34. The molecule has 0 bridgehead atoms. The fourth-order valence-corrected chi connectivity index (χ4v) is 5.52. The number of benzene rings is 2. The molecule has 0 aliphatic carbocycles. The van der Waals surface area contributed by atoms with E-state index < -0.39 is 46.0 Å². The summed E-state index contributed by atoms with van der Waals surface area (Å²) >= 11 is 0. The lowest BCUT2D eigenvalue weighted by Gasteiger charge is -2.13. The third-order valence-electron chi connectivity index (χ3n) is 6.84. The summed E-state index contributed by atoms with van der Waals surface area (Å²) in [7, 11) is -4.30. The molecule has 5 rings (SSSR count). The molecule has 2 atom stereocenters. The van der Waals surface area contributed by atoms with E-state index in [2.05, 4.69) is 9.82 Å². The highest BCUT2D eigenvalue weighted by atomic mass is 32.2. The van der Waals surface area contributed by atoms with Crippen LogP contribution in [0, 0.1) is 12.8 Å². The second-order valence-corrected chi connectivity index (χ2v) is 11.8. The van der Waals surface area contributed by atoms with Gasteiger partial charge in [0, 0.05) is 30.4 Å². The van der Waals surface area contributed by atoms with Crippen LogP contribution in [-0.2, 0) is 30.5 Å². The van der Waals surface area contributed by atoms with Gasteiger partial charge in [0.2, 0.25) is 5.91 Å². The zero-order valence-corrected chi connectivity index (χ0v) is 24.6. The van der Waals surface area contributed by atoms with Crippen molar-refractivity contribution in [1.82, 2.24) is 24.5 Å². The zero-order valence-electron chi connectivity index (χ0n) is 23.8. The molecule has 2 unspecified atom stereocenters. The minimum atomic E-state index is -4.69. The number of hydrogen-bond donors (Lipinski definition) is 1. The second-order valence-electron chi connectivity index (χ2n) is 10.1. The van der Waals surface area contributed by atoms with Gasteiger partial charge in [0.05, 0.1) is 28.7 Å². The molecule has 1 amide bonds. The molecule has 1 N–H and O–H groups in total. The number of sulfonamides is 1. The highest BCUT2D eigenvalue weighted by Gasteiger charge is 2.37. The van der Waals surface area contributed by atoms with Crippen LogP contribution in [0.4, 0.5) is 13.2 Å². The Labute approximate surface area is 249 Å².